The molecule has 2 aromatic carbocycles. The molecule has 1 atom stereocenters. The highest BCUT2D eigenvalue weighted by molar-refractivity contribution is 5.83. The summed E-state index contributed by atoms with van der Waals surface area (Å²) in [7, 11) is 0. The lowest BCUT2D eigenvalue weighted by atomic mass is 9.95. The number of rotatable bonds is 4. The van der Waals surface area contributed by atoms with Gasteiger partial charge in [0.25, 0.3) is 0 Å². The van der Waals surface area contributed by atoms with Gasteiger partial charge in [0.1, 0.15) is 0 Å². The van der Waals surface area contributed by atoms with E-state index in [1.807, 2.05) is 0 Å². The first-order chi connectivity index (χ1) is 9.33. The molecule has 19 heavy (non-hydrogen) atoms. The molecule has 0 bridgehead atoms. The van der Waals surface area contributed by atoms with Crippen LogP contribution >= 0.6 is 0 Å². The lowest BCUT2D eigenvalue weighted by Crippen LogP contribution is -2.01. The van der Waals surface area contributed by atoms with E-state index in [2.05, 4.69) is 42.5 Å². The van der Waals surface area contributed by atoms with Crippen LogP contribution in [0.1, 0.15) is 50.2 Å². The summed E-state index contributed by atoms with van der Waals surface area (Å²) < 4.78 is 0. The molecule has 1 unspecified atom stereocenters. The fraction of sp³-hybridized carbons (Fsp3) is 0.444. The second kappa shape index (κ2) is 5.75. The summed E-state index contributed by atoms with van der Waals surface area (Å²) in [6, 6.07) is 14.7. The molecule has 3 rings (SSSR count). The Kier molecular flexibility index (Phi) is 3.84. The molecule has 1 nitrogen and oxygen atoms in total. The van der Waals surface area contributed by atoms with Crippen LogP contribution in [0.25, 0.3) is 10.8 Å². The molecule has 0 spiro atoms. The smallest absolute Gasteiger partial charge is 0.0790 e. The summed E-state index contributed by atoms with van der Waals surface area (Å²) in [6.07, 6.45) is 7.28. The first kappa shape index (κ1) is 12.7. The van der Waals surface area contributed by atoms with E-state index in [-0.39, 0.29) is 6.10 Å². The van der Waals surface area contributed by atoms with Gasteiger partial charge < -0.3 is 5.11 Å². The Morgan fingerprint density at radius 2 is 1.74 bits per heavy atom. The van der Waals surface area contributed by atoms with Gasteiger partial charge in [-0.25, -0.2) is 0 Å². The first-order valence-electron chi connectivity index (χ1n) is 7.50. The van der Waals surface area contributed by atoms with Crippen molar-refractivity contribution in [2.45, 2.75) is 44.6 Å². The molecule has 1 aliphatic rings. The summed E-state index contributed by atoms with van der Waals surface area (Å²) in [5.74, 6) is 0.857. The number of fused-ring (bicyclic) bond motifs is 1. The molecule has 0 amide bonds. The zero-order valence-corrected chi connectivity index (χ0v) is 11.4. The Morgan fingerprint density at radius 3 is 2.53 bits per heavy atom. The maximum Gasteiger partial charge on any atom is 0.0790 e. The van der Waals surface area contributed by atoms with Crippen LogP contribution in [0.4, 0.5) is 0 Å². The fourth-order valence-corrected chi connectivity index (χ4v) is 3.27. The second-order valence-electron chi connectivity index (χ2n) is 5.85. The van der Waals surface area contributed by atoms with Gasteiger partial charge in [0.15, 0.2) is 0 Å². The molecule has 100 valence electrons. The highest BCUT2D eigenvalue weighted by Crippen LogP contribution is 2.32. The van der Waals surface area contributed by atoms with Crippen LogP contribution < -0.4 is 0 Å². The third-order valence-electron chi connectivity index (χ3n) is 4.48. The van der Waals surface area contributed by atoms with Gasteiger partial charge in [0.05, 0.1) is 6.10 Å². The van der Waals surface area contributed by atoms with E-state index in [4.69, 9.17) is 0 Å². The van der Waals surface area contributed by atoms with Gasteiger partial charge in [-0.1, -0.05) is 62.1 Å². The minimum Gasteiger partial charge on any atom is -0.388 e. The molecule has 1 fully saturated rings. The average molecular weight is 254 g/mol. The normalized spacial score (nSPS) is 17.9. The Hall–Kier alpha value is -1.34. The molecule has 1 saturated carbocycles. The minimum absolute atomic E-state index is 0.301. The van der Waals surface area contributed by atoms with Crippen LogP contribution in [0, 0.1) is 5.92 Å². The number of aliphatic hydroxyl groups excluding tert-OH is 1. The SMILES string of the molecule is OC(CCC1CCCC1)c1ccc2ccccc2c1. The van der Waals surface area contributed by atoms with Crippen LogP contribution in [0.15, 0.2) is 42.5 Å². The molecule has 1 N–H and O–H groups in total. The maximum absolute atomic E-state index is 10.3. The lowest BCUT2D eigenvalue weighted by molar-refractivity contribution is 0.157. The molecule has 0 aromatic heterocycles. The van der Waals surface area contributed by atoms with Crippen molar-refractivity contribution < 1.29 is 5.11 Å². The fourth-order valence-electron chi connectivity index (χ4n) is 3.27. The van der Waals surface area contributed by atoms with E-state index >= 15 is 0 Å². The van der Waals surface area contributed by atoms with Crippen LogP contribution in [0.3, 0.4) is 0 Å². The van der Waals surface area contributed by atoms with Crippen LogP contribution in [0.5, 0.6) is 0 Å². The van der Waals surface area contributed by atoms with Gasteiger partial charge in [0.2, 0.25) is 0 Å². The molecule has 1 heteroatoms. The topological polar surface area (TPSA) is 20.2 Å². The molecule has 0 aliphatic heterocycles. The molecule has 2 aromatic rings. The summed E-state index contributed by atoms with van der Waals surface area (Å²) in [6.45, 7) is 0. The number of benzene rings is 2. The standard InChI is InChI=1S/C18H22O/c19-18(12-9-14-5-1-2-6-14)17-11-10-15-7-3-4-8-16(15)13-17/h3-4,7-8,10-11,13-14,18-19H,1-2,5-6,9,12H2. The predicted octanol–water partition coefficient (Wildman–Crippen LogP) is 4.84. The highest BCUT2D eigenvalue weighted by Gasteiger charge is 2.17. The highest BCUT2D eigenvalue weighted by atomic mass is 16.3. The monoisotopic (exact) mass is 254 g/mol. The van der Waals surface area contributed by atoms with E-state index in [9.17, 15) is 5.11 Å². The van der Waals surface area contributed by atoms with E-state index in [0.717, 1.165) is 17.9 Å². The quantitative estimate of drug-likeness (QED) is 0.827. The second-order valence-corrected chi connectivity index (χ2v) is 5.85. The molecule has 0 saturated heterocycles. The van der Waals surface area contributed by atoms with Crippen molar-refractivity contribution in [3.05, 3.63) is 48.0 Å². The maximum atomic E-state index is 10.3. The first-order valence-corrected chi connectivity index (χ1v) is 7.50. The van der Waals surface area contributed by atoms with Gasteiger partial charge in [0, 0.05) is 0 Å². The van der Waals surface area contributed by atoms with Gasteiger partial charge in [-0.05, 0) is 41.2 Å². The molecule has 0 heterocycles. The Balaban J connectivity index is 1.68. The van der Waals surface area contributed by atoms with Crippen LogP contribution in [-0.4, -0.2) is 5.11 Å². The van der Waals surface area contributed by atoms with Crippen molar-refractivity contribution in [2.75, 3.05) is 0 Å². The summed E-state index contributed by atoms with van der Waals surface area (Å²) >= 11 is 0. The van der Waals surface area contributed by atoms with E-state index in [1.54, 1.807) is 0 Å². The molecule has 1 aliphatic carbocycles. The van der Waals surface area contributed by atoms with E-state index < -0.39 is 0 Å². The van der Waals surface area contributed by atoms with Gasteiger partial charge >= 0.3 is 0 Å². The summed E-state index contributed by atoms with van der Waals surface area (Å²) in [5, 5.41) is 12.8. The van der Waals surface area contributed by atoms with Gasteiger partial charge in [-0.15, -0.1) is 0 Å². The predicted molar refractivity (Wildman–Crippen MR) is 80.1 cm³/mol. The zero-order valence-electron chi connectivity index (χ0n) is 11.4. The third-order valence-corrected chi connectivity index (χ3v) is 4.48. The van der Waals surface area contributed by atoms with Crippen molar-refractivity contribution in [3.63, 3.8) is 0 Å². The molecular formula is C18H22O. The number of aliphatic hydroxyl groups is 1. The van der Waals surface area contributed by atoms with Crippen molar-refractivity contribution in [1.29, 1.82) is 0 Å². The lowest BCUT2D eigenvalue weighted by Gasteiger charge is -2.14. The third kappa shape index (κ3) is 2.98. The van der Waals surface area contributed by atoms with Gasteiger partial charge in [-0.3, -0.25) is 0 Å². The van der Waals surface area contributed by atoms with Gasteiger partial charge in [-0.2, -0.15) is 0 Å². The van der Waals surface area contributed by atoms with E-state index in [1.165, 1.54) is 42.9 Å². The molecule has 0 radical (unpaired) electrons. The summed E-state index contributed by atoms with van der Waals surface area (Å²) in [5.41, 5.74) is 1.07. The van der Waals surface area contributed by atoms with E-state index in [0.29, 0.717) is 0 Å². The average Bonchev–Trinajstić information content (AvgIpc) is 2.97. The largest absolute Gasteiger partial charge is 0.388 e. The molecular weight excluding hydrogens is 232 g/mol. The van der Waals surface area contributed by atoms with Crippen molar-refractivity contribution in [1.82, 2.24) is 0 Å². The number of hydrogen-bond acceptors (Lipinski definition) is 1. The van der Waals surface area contributed by atoms with Crippen LogP contribution in [-0.2, 0) is 0 Å². The summed E-state index contributed by atoms with van der Waals surface area (Å²) in [4.78, 5) is 0. The van der Waals surface area contributed by atoms with Crippen LogP contribution in [0.2, 0.25) is 0 Å². The van der Waals surface area contributed by atoms with Crippen molar-refractivity contribution in [2.24, 2.45) is 5.92 Å². The Morgan fingerprint density at radius 1 is 1.00 bits per heavy atom. The Bertz CT molecular complexity index is 540. The number of hydrogen-bond donors (Lipinski definition) is 1. The Labute approximate surface area is 115 Å². The van der Waals surface area contributed by atoms with Crippen molar-refractivity contribution in [3.8, 4) is 0 Å². The van der Waals surface area contributed by atoms with Crippen molar-refractivity contribution >= 4 is 10.8 Å². The minimum atomic E-state index is -0.301. The zero-order chi connectivity index (χ0) is 13.1.